The molecule has 5 nitrogen and oxygen atoms in total. The van der Waals surface area contributed by atoms with Crippen molar-refractivity contribution in [1.82, 2.24) is 4.98 Å². The molecule has 5 heteroatoms. The number of nitrogens with one attached hydrogen (secondary N) is 1. The van der Waals surface area contributed by atoms with Crippen molar-refractivity contribution in [3.63, 3.8) is 0 Å². The van der Waals surface area contributed by atoms with Crippen LogP contribution in [0.1, 0.15) is 84.0 Å². The van der Waals surface area contributed by atoms with Crippen molar-refractivity contribution < 1.29 is 19.4 Å². The largest absolute Gasteiger partial charge is 0.450 e. The van der Waals surface area contributed by atoms with Crippen molar-refractivity contribution in [2.45, 2.75) is 66.1 Å². The number of esters is 1. The van der Waals surface area contributed by atoms with Crippen LogP contribution in [0.15, 0.2) is 24.3 Å². The maximum atomic E-state index is 12.6. The van der Waals surface area contributed by atoms with Crippen LogP contribution in [-0.4, -0.2) is 27.9 Å². The molecule has 2 atom stereocenters. The zero-order valence-electron chi connectivity index (χ0n) is 17.1. The van der Waals surface area contributed by atoms with Gasteiger partial charge in [-0.2, -0.15) is 0 Å². The standard InChI is InChI=1S/C22H29NO4/c1-12-18(14(3)24)13(2)23-19(12)21(26)27-15(4)20(25)16-8-10-17(11-9-16)22(5,6)7/h8-11,14-15,23-24H,1-7H3/t14-,15+/m0/s1. The minimum absolute atomic E-state index is 0.00418. The van der Waals surface area contributed by atoms with E-state index in [1.807, 2.05) is 12.1 Å². The van der Waals surface area contributed by atoms with Crippen molar-refractivity contribution in [2.75, 3.05) is 0 Å². The van der Waals surface area contributed by atoms with E-state index in [-0.39, 0.29) is 16.9 Å². The lowest BCUT2D eigenvalue weighted by Crippen LogP contribution is -2.25. The number of hydrogen-bond donors (Lipinski definition) is 2. The Balaban J connectivity index is 2.15. The summed E-state index contributed by atoms with van der Waals surface area (Å²) in [5.74, 6) is -0.852. The fraction of sp³-hybridized carbons (Fsp3) is 0.455. The van der Waals surface area contributed by atoms with Gasteiger partial charge in [0.15, 0.2) is 6.10 Å². The lowest BCUT2D eigenvalue weighted by atomic mass is 9.86. The van der Waals surface area contributed by atoms with E-state index in [1.165, 1.54) is 0 Å². The molecule has 0 aliphatic rings. The van der Waals surface area contributed by atoms with E-state index in [1.54, 1.807) is 39.8 Å². The van der Waals surface area contributed by atoms with Gasteiger partial charge in [-0.25, -0.2) is 4.79 Å². The molecular weight excluding hydrogens is 342 g/mol. The fourth-order valence-corrected chi connectivity index (χ4v) is 3.24. The van der Waals surface area contributed by atoms with Crippen LogP contribution in [0.25, 0.3) is 0 Å². The Hall–Kier alpha value is -2.40. The second-order valence-corrected chi connectivity index (χ2v) is 8.08. The Bertz CT molecular complexity index is 838. The van der Waals surface area contributed by atoms with Gasteiger partial charge in [0.25, 0.3) is 0 Å². The summed E-state index contributed by atoms with van der Waals surface area (Å²) >= 11 is 0. The van der Waals surface area contributed by atoms with Crippen LogP contribution in [0.5, 0.6) is 0 Å². The van der Waals surface area contributed by atoms with E-state index < -0.39 is 18.2 Å². The molecule has 146 valence electrons. The lowest BCUT2D eigenvalue weighted by molar-refractivity contribution is 0.0313. The Morgan fingerprint density at radius 1 is 1.07 bits per heavy atom. The summed E-state index contributed by atoms with van der Waals surface area (Å²) < 4.78 is 5.38. The third-order valence-corrected chi connectivity index (χ3v) is 4.81. The molecular formula is C22H29NO4. The number of rotatable bonds is 5. The van der Waals surface area contributed by atoms with Crippen LogP contribution < -0.4 is 0 Å². The average Bonchev–Trinajstić information content (AvgIpc) is 2.88. The average molecular weight is 371 g/mol. The molecule has 0 spiro atoms. The van der Waals surface area contributed by atoms with Gasteiger partial charge in [-0.1, -0.05) is 45.0 Å². The van der Waals surface area contributed by atoms with Crippen LogP contribution in [0.3, 0.4) is 0 Å². The maximum Gasteiger partial charge on any atom is 0.355 e. The van der Waals surface area contributed by atoms with Crippen LogP contribution in [0, 0.1) is 13.8 Å². The van der Waals surface area contributed by atoms with Gasteiger partial charge in [-0.15, -0.1) is 0 Å². The molecule has 0 radical (unpaired) electrons. The third-order valence-electron chi connectivity index (χ3n) is 4.81. The summed E-state index contributed by atoms with van der Waals surface area (Å²) in [6, 6.07) is 7.38. The molecule has 0 aliphatic heterocycles. The summed E-state index contributed by atoms with van der Waals surface area (Å²) in [5, 5.41) is 9.85. The highest BCUT2D eigenvalue weighted by molar-refractivity contribution is 6.01. The van der Waals surface area contributed by atoms with Gasteiger partial charge < -0.3 is 14.8 Å². The van der Waals surface area contributed by atoms with E-state index in [0.29, 0.717) is 22.4 Å². The first-order chi connectivity index (χ1) is 12.4. The van der Waals surface area contributed by atoms with Gasteiger partial charge in [0.05, 0.1) is 6.10 Å². The molecule has 0 aliphatic carbocycles. The fourth-order valence-electron chi connectivity index (χ4n) is 3.24. The third kappa shape index (κ3) is 4.48. The summed E-state index contributed by atoms with van der Waals surface area (Å²) in [6.07, 6.45) is -1.60. The Morgan fingerprint density at radius 2 is 1.63 bits per heavy atom. The van der Waals surface area contributed by atoms with Crippen LogP contribution in [-0.2, 0) is 10.2 Å². The smallest absolute Gasteiger partial charge is 0.355 e. The number of H-pyrrole nitrogens is 1. The monoisotopic (exact) mass is 371 g/mol. The van der Waals surface area contributed by atoms with Gasteiger partial charge >= 0.3 is 5.97 Å². The zero-order chi connectivity index (χ0) is 20.5. The SMILES string of the molecule is Cc1[nH]c(C(=O)O[C@H](C)C(=O)c2ccc(C(C)(C)C)cc2)c(C)c1[C@H](C)O. The molecule has 1 heterocycles. The molecule has 2 N–H and O–H groups in total. The number of aryl methyl sites for hydroxylation is 1. The molecule has 0 saturated heterocycles. The number of hydrogen-bond acceptors (Lipinski definition) is 4. The number of aliphatic hydroxyl groups excluding tert-OH is 1. The second kappa shape index (κ2) is 7.69. The van der Waals surface area contributed by atoms with E-state index >= 15 is 0 Å². The second-order valence-electron chi connectivity index (χ2n) is 8.08. The van der Waals surface area contributed by atoms with Crippen molar-refractivity contribution in [3.05, 3.63) is 57.9 Å². The number of aromatic nitrogens is 1. The van der Waals surface area contributed by atoms with Crippen molar-refractivity contribution >= 4 is 11.8 Å². The number of aromatic amines is 1. The highest BCUT2D eigenvalue weighted by Crippen LogP contribution is 2.26. The number of benzene rings is 1. The first kappa shape index (κ1) is 20.9. The maximum absolute atomic E-state index is 12.6. The number of aliphatic hydroxyl groups is 1. The Morgan fingerprint density at radius 3 is 2.07 bits per heavy atom. The number of carbonyl (C=O) groups excluding carboxylic acids is 2. The van der Waals surface area contributed by atoms with E-state index in [9.17, 15) is 14.7 Å². The summed E-state index contributed by atoms with van der Waals surface area (Å²) in [4.78, 5) is 28.1. The highest BCUT2D eigenvalue weighted by Gasteiger charge is 2.25. The summed E-state index contributed by atoms with van der Waals surface area (Å²) in [6.45, 7) is 13.1. The molecule has 27 heavy (non-hydrogen) atoms. The van der Waals surface area contributed by atoms with E-state index in [0.717, 1.165) is 5.56 Å². The van der Waals surface area contributed by atoms with Crippen molar-refractivity contribution in [1.29, 1.82) is 0 Å². The van der Waals surface area contributed by atoms with Gasteiger partial charge in [0.2, 0.25) is 5.78 Å². The number of carbonyl (C=O) groups is 2. The zero-order valence-corrected chi connectivity index (χ0v) is 17.1. The molecule has 0 bridgehead atoms. The minimum Gasteiger partial charge on any atom is -0.450 e. The molecule has 0 unspecified atom stereocenters. The summed E-state index contributed by atoms with van der Waals surface area (Å²) in [7, 11) is 0. The molecule has 2 aromatic rings. The van der Waals surface area contributed by atoms with Crippen LogP contribution in [0.2, 0.25) is 0 Å². The molecule has 0 amide bonds. The number of ether oxygens (including phenoxy) is 1. The molecule has 2 rings (SSSR count). The number of Topliss-reactive ketones (excluding diaryl/α,β-unsaturated/α-hetero) is 1. The van der Waals surface area contributed by atoms with Crippen molar-refractivity contribution in [2.24, 2.45) is 0 Å². The van der Waals surface area contributed by atoms with E-state index in [2.05, 4.69) is 25.8 Å². The van der Waals surface area contributed by atoms with Gasteiger partial charge in [0, 0.05) is 16.8 Å². The van der Waals surface area contributed by atoms with E-state index in [4.69, 9.17) is 4.74 Å². The predicted octanol–water partition coefficient (Wildman–Crippen LogP) is 4.41. The topological polar surface area (TPSA) is 79.4 Å². The van der Waals surface area contributed by atoms with Crippen LogP contribution >= 0.6 is 0 Å². The Kier molecular flexibility index (Phi) is 5.95. The quantitative estimate of drug-likeness (QED) is 0.603. The van der Waals surface area contributed by atoms with Crippen LogP contribution in [0.4, 0.5) is 0 Å². The Labute approximate surface area is 160 Å². The summed E-state index contributed by atoms with van der Waals surface area (Å²) in [5.41, 5.74) is 3.95. The first-order valence-electron chi connectivity index (χ1n) is 9.16. The molecule has 0 saturated carbocycles. The molecule has 1 aromatic carbocycles. The number of ketones is 1. The lowest BCUT2D eigenvalue weighted by Gasteiger charge is -2.19. The molecule has 1 aromatic heterocycles. The minimum atomic E-state index is -0.906. The highest BCUT2D eigenvalue weighted by atomic mass is 16.5. The van der Waals surface area contributed by atoms with Gasteiger partial charge in [0.1, 0.15) is 5.69 Å². The van der Waals surface area contributed by atoms with Gasteiger partial charge in [-0.3, -0.25) is 4.79 Å². The first-order valence-corrected chi connectivity index (χ1v) is 9.16. The van der Waals surface area contributed by atoms with Gasteiger partial charge in [-0.05, 0) is 44.2 Å². The normalized spacial score (nSPS) is 13.9. The predicted molar refractivity (Wildman–Crippen MR) is 105 cm³/mol. The molecule has 0 fully saturated rings. The van der Waals surface area contributed by atoms with Crippen molar-refractivity contribution in [3.8, 4) is 0 Å².